The summed E-state index contributed by atoms with van der Waals surface area (Å²) in [6.07, 6.45) is -0.638. The SMILES string of the molecule is Cl.NC1C(=O)N2CC(O)(C(=O)OC(c3ccccc3)c3ccccc3)CS[C@H]12. The van der Waals surface area contributed by atoms with Crippen molar-refractivity contribution < 1.29 is 19.4 Å². The first-order chi connectivity index (χ1) is 13.0. The Morgan fingerprint density at radius 1 is 1.14 bits per heavy atom. The van der Waals surface area contributed by atoms with E-state index >= 15 is 0 Å². The number of rotatable bonds is 4. The van der Waals surface area contributed by atoms with Gasteiger partial charge in [0, 0.05) is 5.75 Å². The van der Waals surface area contributed by atoms with Gasteiger partial charge in [0.1, 0.15) is 11.4 Å². The van der Waals surface area contributed by atoms with E-state index in [-0.39, 0.29) is 36.0 Å². The molecular weight excluding hydrogens is 400 g/mol. The molecule has 0 aromatic heterocycles. The van der Waals surface area contributed by atoms with Gasteiger partial charge in [-0.2, -0.15) is 0 Å². The van der Waals surface area contributed by atoms with Crippen molar-refractivity contribution in [3.05, 3.63) is 71.8 Å². The molecule has 2 aliphatic rings. The first-order valence-corrected chi connectivity index (χ1v) is 9.75. The summed E-state index contributed by atoms with van der Waals surface area (Å²) in [6, 6.07) is 18.2. The molecule has 0 spiro atoms. The maximum absolute atomic E-state index is 12.9. The van der Waals surface area contributed by atoms with E-state index in [1.165, 1.54) is 16.7 Å². The molecule has 2 heterocycles. The van der Waals surface area contributed by atoms with E-state index < -0.39 is 23.7 Å². The predicted molar refractivity (Wildman–Crippen MR) is 109 cm³/mol. The second-order valence-electron chi connectivity index (χ2n) is 6.83. The van der Waals surface area contributed by atoms with Crippen LogP contribution in [0.5, 0.6) is 0 Å². The first kappa shape index (κ1) is 20.7. The summed E-state index contributed by atoms with van der Waals surface area (Å²) in [7, 11) is 0. The van der Waals surface area contributed by atoms with Gasteiger partial charge in [0.15, 0.2) is 11.7 Å². The largest absolute Gasteiger partial charge is 0.450 e. The molecule has 0 bridgehead atoms. The summed E-state index contributed by atoms with van der Waals surface area (Å²) in [5, 5.41) is 10.7. The molecule has 2 aliphatic heterocycles. The highest BCUT2D eigenvalue weighted by Crippen LogP contribution is 2.38. The molecule has 2 aromatic rings. The molecule has 1 amide bonds. The summed E-state index contributed by atoms with van der Waals surface area (Å²) in [6.45, 7) is -0.0909. The molecule has 2 saturated heterocycles. The van der Waals surface area contributed by atoms with Crippen molar-refractivity contribution in [2.24, 2.45) is 5.73 Å². The number of nitrogens with zero attached hydrogens (tertiary/aromatic N) is 1. The molecule has 148 valence electrons. The van der Waals surface area contributed by atoms with E-state index in [1.54, 1.807) is 0 Å². The van der Waals surface area contributed by atoms with Gasteiger partial charge in [-0.25, -0.2) is 4.79 Å². The van der Waals surface area contributed by atoms with Crippen LogP contribution in [0, 0.1) is 0 Å². The molecule has 4 rings (SSSR count). The number of hydrogen-bond donors (Lipinski definition) is 2. The predicted octanol–water partition coefficient (Wildman–Crippen LogP) is 1.71. The molecule has 2 fully saturated rings. The van der Waals surface area contributed by atoms with Crippen molar-refractivity contribution in [2.75, 3.05) is 12.3 Å². The number of fused-ring (bicyclic) bond motifs is 1. The fourth-order valence-electron chi connectivity index (χ4n) is 3.39. The van der Waals surface area contributed by atoms with Crippen LogP contribution in [-0.4, -0.2) is 51.2 Å². The fraction of sp³-hybridized carbons (Fsp3) is 0.300. The summed E-state index contributed by atoms with van der Waals surface area (Å²) in [5.41, 5.74) is 5.63. The molecule has 0 aliphatic carbocycles. The Balaban J connectivity index is 0.00000225. The van der Waals surface area contributed by atoms with Gasteiger partial charge >= 0.3 is 5.97 Å². The Labute approximate surface area is 173 Å². The minimum absolute atomic E-state index is 0. The molecule has 8 heteroatoms. The van der Waals surface area contributed by atoms with Crippen molar-refractivity contribution >= 4 is 36.0 Å². The van der Waals surface area contributed by atoms with Gasteiger partial charge in [0.25, 0.3) is 0 Å². The van der Waals surface area contributed by atoms with E-state index in [0.29, 0.717) is 0 Å². The van der Waals surface area contributed by atoms with Crippen molar-refractivity contribution in [1.82, 2.24) is 4.90 Å². The van der Waals surface area contributed by atoms with Crippen molar-refractivity contribution in [2.45, 2.75) is 23.1 Å². The quantitative estimate of drug-likeness (QED) is 0.578. The zero-order valence-corrected chi connectivity index (χ0v) is 16.6. The lowest BCUT2D eigenvalue weighted by molar-refractivity contribution is -0.174. The monoisotopic (exact) mass is 420 g/mol. The average Bonchev–Trinajstić information content (AvgIpc) is 2.72. The Morgan fingerprint density at radius 2 is 1.68 bits per heavy atom. The normalized spacial score (nSPS) is 26.1. The number of carbonyl (C=O) groups is 2. The van der Waals surface area contributed by atoms with Crippen LogP contribution in [0.15, 0.2) is 60.7 Å². The van der Waals surface area contributed by atoms with Crippen LogP contribution < -0.4 is 5.73 Å². The van der Waals surface area contributed by atoms with Crippen LogP contribution in [0.1, 0.15) is 17.2 Å². The standard InChI is InChI=1S/C20H20N2O4S.ClH/c21-15-17(23)22-11-20(25,12-27-18(15)22)19(24)26-16(13-7-3-1-4-8-13)14-9-5-2-6-10-14;/h1-10,15-16,18,25H,11-12,21H2;1H/t15?,18-,20?;/m1./s1. The first-order valence-electron chi connectivity index (χ1n) is 8.71. The van der Waals surface area contributed by atoms with Gasteiger partial charge in [-0.15, -0.1) is 24.2 Å². The van der Waals surface area contributed by atoms with Gasteiger partial charge in [0.2, 0.25) is 5.91 Å². The molecule has 3 atom stereocenters. The van der Waals surface area contributed by atoms with Crippen molar-refractivity contribution in [1.29, 1.82) is 0 Å². The summed E-state index contributed by atoms with van der Waals surface area (Å²) >= 11 is 1.31. The lowest BCUT2D eigenvalue weighted by atomic mass is 9.98. The van der Waals surface area contributed by atoms with Gasteiger partial charge in [-0.3, -0.25) is 4.79 Å². The number of ether oxygens (including phenoxy) is 1. The van der Waals surface area contributed by atoms with Gasteiger partial charge in [0.05, 0.1) is 6.54 Å². The number of hydrogen-bond acceptors (Lipinski definition) is 6. The van der Waals surface area contributed by atoms with E-state index in [0.717, 1.165) is 11.1 Å². The van der Waals surface area contributed by atoms with Crippen molar-refractivity contribution in [3.63, 3.8) is 0 Å². The Hall–Kier alpha value is -2.06. The Bertz CT molecular complexity index is 814. The van der Waals surface area contributed by atoms with Gasteiger partial charge in [-0.1, -0.05) is 60.7 Å². The second kappa shape index (κ2) is 8.13. The average molecular weight is 421 g/mol. The van der Waals surface area contributed by atoms with E-state index in [1.807, 2.05) is 60.7 Å². The molecular formula is C20H21ClN2O4S. The van der Waals surface area contributed by atoms with E-state index in [4.69, 9.17) is 10.5 Å². The van der Waals surface area contributed by atoms with Crippen LogP contribution >= 0.6 is 24.2 Å². The fourth-order valence-corrected chi connectivity index (χ4v) is 4.72. The van der Waals surface area contributed by atoms with Gasteiger partial charge in [-0.05, 0) is 11.1 Å². The molecule has 28 heavy (non-hydrogen) atoms. The molecule has 6 nitrogen and oxygen atoms in total. The van der Waals surface area contributed by atoms with Crippen molar-refractivity contribution in [3.8, 4) is 0 Å². The third-order valence-corrected chi connectivity index (χ3v) is 6.45. The van der Waals surface area contributed by atoms with Crippen LogP contribution in [0.4, 0.5) is 0 Å². The van der Waals surface area contributed by atoms with Gasteiger partial charge < -0.3 is 20.5 Å². The number of thioether (sulfide) groups is 1. The van der Waals surface area contributed by atoms with Crippen LogP contribution in [-0.2, 0) is 14.3 Å². The van der Waals surface area contributed by atoms with Crippen LogP contribution in [0.2, 0.25) is 0 Å². The number of amides is 1. The van der Waals surface area contributed by atoms with E-state index in [2.05, 4.69) is 0 Å². The number of esters is 1. The minimum atomic E-state index is -1.75. The highest BCUT2D eigenvalue weighted by atomic mass is 35.5. The molecule has 2 aromatic carbocycles. The van der Waals surface area contributed by atoms with E-state index in [9.17, 15) is 14.7 Å². The number of carbonyl (C=O) groups excluding carboxylic acids is 2. The number of benzene rings is 2. The highest BCUT2D eigenvalue weighted by Gasteiger charge is 2.56. The maximum atomic E-state index is 12.9. The Morgan fingerprint density at radius 3 is 2.21 bits per heavy atom. The third kappa shape index (κ3) is 3.63. The van der Waals surface area contributed by atoms with Crippen LogP contribution in [0.25, 0.3) is 0 Å². The number of β-lactam (4-membered cyclic amide) rings is 1. The minimum Gasteiger partial charge on any atom is -0.450 e. The summed E-state index contributed by atoms with van der Waals surface area (Å²) < 4.78 is 5.76. The molecule has 0 radical (unpaired) electrons. The molecule has 0 saturated carbocycles. The zero-order valence-electron chi connectivity index (χ0n) is 14.9. The van der Waals surface area contributed by atoms with Crippen LogP contribution in [0.3, 0.4) is 0 Å². The number of halogens is 1. The lowest BCUT2D eigenvalue weighted by Gasteiger charge is -2.51. The molecule has 2 unspecified atom stereocenters. The second-order valence-corrected chi connectivity index (χ2v) is 7.94. The number of aliphatic hydroxyl groups is 1. The summed E-state index contributed by atoms with van der Waals surface area (Å²) in [4.78, 5) is 26.2. The smallest absolute Gasteiger partial charge is 0.341 e. The molecule has 3 N–H and O–H groups in total. The number of nitrogens with two attached hydrogens (primary N) is 1. The Kier molecular flexibility index (Phi) is 6.00. The zero-order chi connectivity index (χ0) is 19.0. The summed E-state index contributed by atoms with van der Waals surface area (Å²) in [5.74, 6) is -0.842. The topological polar surface area (TPSA) is 92.9 Å². The maximum Gasteiger partial charge on any atom is 0.341 e. The highest BCUT2D eigenvalue weighted by molar-refractivity contribution is 8.00. The lowest BCUT2D eigenvalue weighted by Crippen LogP contribution is -2.73. The third-order valence-electron chi connectivity index (χ3n) is 4.92.